The zero-order valence-corrected chi connectivity index (χ0v) is 12.0. The molecule has 0 saturated carbocycles. The zero-order chi connectivity index (χ0) is 14.8. The van der Waals surface area contributed by atoms with Crippen LogP contribution in [0.4, 0.5) is 13.2 Å². The molecular formula is C14H15F3N2S. The Bertz CT molecular complexity index is 578. The highest BCUT2D eigenvalue weighted by molar-refractivity contribution is 7.09. The highest BCUT2D eigenvalue weighted by atomic mass is 32.1. The standard InChI is InChI=1S/C14H15F3N2S/c1-3-18-12(13-9(2)19-8-20-13)10-6-4-5-7-11(10)14(15,16)17/h4-8,12,18H,3H2,1-2H3. The van der Waals surface area contributed by atoms with Gasteiger partial charge in [0.05, 0.1) is 22.8 Å². The summed E-state index contributed by atoms with van der Waals surface area (Å²) in [5.41, 5.74) is 2.07. The molecule has 2 rings (SSSR count). The fourth-order valence-electron chi connectivity index (χ4n) is 2.14. The Morgan fingerprint density at radius 1 is 1.30 bits per heavy atom. The molecule has 2 aromatic rings. The Kier molecular flexibility index (Phi) is 4.45. The van der Waals surface area contributed by atoms with Gasteiger partial charge in [0.15, 0.2) is 0 Å². The lowest BCUT2D eigenvalue weighted by molar-refractivity contribution is -0.138. The molecular weight excluding hydrogens is 285 g/mol. The van der Waals surface area contributed by atoms with Crippen molar-refractivity contribution in [2.24, 2.45) is 0 Å². The Balaban J connectivity index is 2.54. The topological polar surface area (TPSA) is 24.9 Å². The third kappa shape index (κ3) is 3.02. The molecule has 0 aliphatic carbocycles. The van der Waals surface area contributed by atoms with Gasteiger partial charge in [-0.15, -0.1) is 11.3 Å². The summed E-state index contributed by atoms with van der Waals surface area (Å²) < 4.78 is 39.5. The molecule has 20 heavy (non-hydrogen) atoms. The minimum Gasteiger partial charge on any atom is -0.306 e. The van der Waals surface area contributed by atoms with Gasteiger partial charge in [-0.05, 0) is 25.1 Å². The van der Waals surface area contributed by atoms with Gasteiger partial charge >= 0.3 is 6.18 Å². The second-order valence-electron chi connectivity index (χ2n) is 4.38. The third-order valence-corrected chi connectivity index (χ3v) is 4.03. The van der Waals surface area contributed by atoms with E-state index in [4.69, 9.17) is 0 Å². The van der Waals surface area contributed by atoms with Crippen LogP contribution < -0.4 is 5.32 Å². The van der Waals surface area contributed by atoms with Crippen LogP contribution >= 0.6 is 11.3 Å². The maximum Gasteiger partial charge on any atom is 0.416 e. The number of nitrogens with zero attached hydrogens (tertiary/aromatic N) is 1. The van der Waals surface area contributed by atoms with Gasteiger partial charge in [0.25, 0.3) is 0 Å². The van der Waals surface area contributed by atoms with E-state index in [0.717, 1.165) is 16.6 Å². The number of aromatic nitrogens is 1. The van der Waals surface area contributed by atoms with E-state index in [1.54, 1.807) is 11.6 Å². The van der Waals surface area contributed by atoms with Crippen molar-refractivity contribution in [3.63, 3.8) is 0 Å². The summed E-state index contributed by atoms with van der Waals surface area (Å²) in [5.74, 6) is 0. The average Bonchev–Trinajstić information content (AvgIpc) is 2.81. The first-order chi connectivity index (χ1) is 9.45. The van der Waals surface area contributed by atoms with Crippen LogP contribution in [0.3, 0.4) is 0 Å². The first-order valence-corrected chi connectivity index (χ1v) is 7.12. The molecule has 6 heteroatoms. The van der Waals surface area contributed by atoms with E-state index in [-0.39, 0.29) is 5.56 Å². The first kappa shape index (κ1) is 15.0. The minimum absolute atomic E-state index is 0.245. The van der Waals surface area contributed by atoms with Gasteiger partial charge < -0.3 is 5.32 Å². The van der Waals surface area contributed by atoms with Crippen LogP contribution in [0.15, 0.2) is 29.8 Å². The van der Waals surface area contributed by atoms with Crippen molar-refractivity contribution in [2.75, 3.05) is 6.54 Å². The monoisotopic (exact) mass is 300 g/mol. The van der Waals surface area contributed by atoms with E-state index < -0.39 is 17.8 Å². The minimum atomic E-state index is -4.36. The van der Waals surface area contributed by atoms with Crippen LogP contribution in [0.5, 0.6) is 0 Å². The van der Waals surface area contributed by atoms with Gasteiger partial charge in [0.2, 0.25) is 0 Å². The first-order valence-electron chi connectivity index (χ1n) is 6.24. The average molecular weight is 300 g/mol. The lowest BCUT2D eigenvalue weighted by Gasteiger charge is -2.22. The second-order valence-corrected chi connectivity index (χ2v) is 5.26. The summed E-state index contributed by atoms with van der Waals surface area (Å²) in [6, 6.07) is 5.20. The smallest absolute Gasteiger partial charge is 0.306 e. The number of halogens is 3. The van der Waals surface area contributed by atoms with Crippen molar-refractivity contribution < 1.29 is 13.2 Å². The number of thiazole rings is 1. The number of benzene rings is 1. The van der Waals surface area contributed by atoms with Crippen LogP contribution in [0.25, 0.3) is 0 Å². The molecule has 0 radical (unpaired) electrons. The fraction of sp³-hybridized carbons (Fsp3) is 0.357. The molecule has 108 valence electrons. The Morgan fingerprint density at radius 2 is 2.00 bits per heavy atom. The van der Waals surface area contributed by atoms with Gasteiger partial charge in [-0.25, -0.2) is 4.98 Å². The number of aryl methyl sites for hydroxylation is 1. The number of hydrogen-bond acceptors (Lipinski definition) is 3. The molecule has 1 aromatic carbocycles. The molecule has 0 amide bonds. The SMILES string of the molecule is CCNC(c1ccccc1C(F)(F)F)c1scnc1C. The summed E-state index contributed by atoms with van der Waals surface area (Å²) in [7, 11) is 0. The summed E-state index contributed by atoms with van der Waals surface area (Å²) in [6.07, 6.45) is -4.36. The lowest BCUT2D eigenvalue weighted by Crippen LogP contribution is -2.24. The molecule has 0 fully saturated rings. The molecule has 0 aliphatic heterocycles. The van der Waals surface area contributed by atoms with Crippen molar-refractivity contribution in [1.29, 1.82) is 0 Å². The van der Waals surface area contributed by atoms with E-state index in [1.165, 1.54) is 23.5 Å². The Morgan fingerprint density at radius 3 is 2.55 bits per heavy atom. The summed E-state index contributed by atoms with van der Waals surface area (Å²) >= 11 is 1.37. The van der Waals surface area contributed by atoms with Gasteiger partial charge in [-0.3, -0.25) is 0 Å². The van der Waals surface area contributed by atoms with Crippen molar-refractivity contribution in [3.8, 4) is 0 Å². The molecule has 1 N–H and O–H groups in total. The number of nitrogens with one attached hydrogen (secondary N) is 1. The van der Waals surface area contributed by atoms with E-state index in [1.807, 2.05) is 13.8 Å². The molecule has 0 saturated heterocycles. The summed E-state index contributed by atoms with van der Waals surface area (Å²) in [6.45, 7) is 4.26. The van der Waals surface area contributed by atoms with E-state index in [9.17, 15) is 13.2 Å². The maximum absolute atomic E-state index is 13.2. The molecule has 0 bridgehead atoms. The van der Waals surface area contributed by atoms with Gasteiger partial charge in [-0.1, -0.05) is 25.1 Å². The van der Waals surface area contributed by atoms with Crippen LogP contribution in [0.2, 0.25) is 0 Å². The van der Waals surface area contributed by atoms with Crippen LogP contribution in [-0.4, -0.2) is 11.5 Å². The van der Waals surface area contributed by atoms with Crippen molar-refractivity contribution in [2.45, 2.75) is 26.1 Å². The molecule has 0 spiro atoms. The molecule has 2 nitrogen and oxygen atoms in total. The van der Waals surface area contributed by atoms with E-state index in [2.05, 4.69) is 10.3 Å². The quantitative estimate of drug-likeness (QED) is 0.916. The maximum atomic E-state index is 13.2. The van der Waals surface area contributed by atoms with E-state index in [0.29, 0.717) is 6.54 Å². The molecule has 1 aromatic heterocycles. The molecule has 1 unspecified atom stereocenters. The fourth-order valence-corrected chi connectivity index (χ4v) is 3.04. The molecule has 1 atom stereocenters. The summed E-state index contributed by atoms with van der Waals surface area (Å²) in [5, 5.41) is 3.13. The van der Waals surface area contributed by atoms with Gasteiger partial charge in [-0.2, -0.15) is 13.2 Å². The lowest BCUT2D eigenvalue weighted by atomic mass is 9.98. The van der Waals surface area contributed by atoms with Crippen molar-refractivity contribution in [3.05, 3.63) is 51.5 Å². The highest BCUT2D eigenvalue weighted by Crippen LogP contribution is 2.37. The van der Waals surface area contributed by atoms with Gasteiger partial charge in [0, 0.05) is 4.88 Å². The Hall–Kier alpha value is -1.40. The zero-order valence-electron chi connectivity index (χ0n) is 11.2. The van der Waals surface area contributed by atoms with Crippen LogP contribution in [0, 0.1) is 6.92 Å². The van der Waals surface area contributed by atoms with Gasteiger partial charge in [0.1, 0.15) is 0 Å². The Labute approximate surface area is 119 Å². The predicted molar refractivity (Wildman–Crippen MR) is 73.8 cm³/mol. The van der Waals surface area contributed by atoms with Crippen molar-refractivity contribution >= 4 is 11.3 Å². The largest absolute Gasteiger partial charge is 0.416 e. The number of hydrogen-bond donors (Lipinski definition) is 1. The normalized spacial score (nSPS) is 13.4. The molecule has 1 heterocycles. The highest BCUT2D eigenvalue weighted by Gasteiger charge is 2.35. The van der Waals surface area contributed by atoms with Crippen molar-refractivity contribution in [1.82, 2.24) is 10.3 Å². The second kappa shape index (κ2) is 5.93. The van der Waals surface area contributed by atoms with Crippen LogP contribution in [0.1, 0.15) is 34.7 Å². The number of rotatable bonds is 4. The third-order valence-electron chi connectivity index (χ3n) is 3.03. The molecule has 0 aliphatic rings. The number of alkyl halides is 3. The summed E-state index contributed by atoms with van der Waals surface area (Å²) in [4.78, 5) is 4.96. The predicted octanol–water partition coefficient (Wildman–Crippen LogP) is 4.17. The van der Waals surface area contributed by atoms with Crippen LogP contribution in [-0.2, 0) is 6.18 Å². The van der Waals surface area contributed by atoms with E-state index >= 15 is 0 Å².